The van der Waals surface area contributed by atoms with Crippen molar-refractivity contribution in [3.8, 4) is 0 Å². The van der Waals surface area contributed by atoms with E-state index < -0.39 is 80.4 Å². The van der Waals surface area contributed by atoms with E-state index in [1.54, 1.807) is 0 Å². The van der Waals surface area contributed by atoms with Crippen LogP contribution in [0.4, 0.5) is 0 Å². The van der Waals surface area contributed by atoms with E-state index in [2.05, 4.69) is 27.7 Å². The van der Waals surface area contributed by atoms with Gasteiger partial charge in [-0.25, -0.2) is 0 Å². The molecule has 8 rings (SSSR count). The molecule has 4 heterocycles. The summed E-state index contributed by atoms with van der Waals surface area (Å²) in [4.78, 5) is 0. The molecule has 0 aromatic heterocycles. The van der Waals surface area contributed by atoms with E-state index in [1.165, 1.54) is 25.7 Å². The van der Waals surface area contributed by atoms with Gasteiger partial charge in [-0.15, -0.1) is 0 Å². The maximum Gasteiger partial charge on any atom is 0.187 e. The Labute approximate surface area is 307 Å². The van der Waals surface area contributed by atoms with Crippen LogP contribution in [0.1, 0.15) is 91.9 Å². The van der Waals surface area contributed by atoms with Gasteiger partial charge >= 0.3 is 0 Å². The fourth-order valence-electron chi connectivity index (χ4n) is 13.2. The Bertz CT molecular complexity index is 1260. The van der Waals surface area contributed by atoms with Gasteiger partial charge in [0.25, 0.3) is 0 Å². The molecule has 1 spiro atoms. The largest absolute Gasteiger partial charge is 0.394 e. The molecule has 4 aliphatic heterocycles. The summed E-state index contributed by atoms with van der Waals surface area (Å²) in [7, 11) is 0. The number of fused-ring (bicyclic) bond motifs is 7. The van der Waals surface area contributed by atoms with Gasteiger partial charge in [-0.2, -0.15) is 0 Å². The van der Waals surface area contributed by atoms with Gasteiger partial charge in [-0.05, 0) is 104 Å². The zero-order valence-electron chi connectivity index (χ0n) is 31.2. The molecule has 0 amide bonds. The van der Waals surface area contributed by atoms with Gasteiger partial charge in [0, 0.05) is 12.3 Å². The Hall–Kier alpha value is -0.520. The smallest absolute Gasteiger partial charge is 0.187 e. The fraction of sp³-hybridized carbons (Fsp3) is 1.00. The first-order chi connectivity index (χ1) is 24.7. The molecule has 0 radical (unpaired) electrons. The molecule has 4 saturated heterocycles. The zero-order chi connectivity index (χ0) is 36.9. The molecule has 8 aliphatic rings. The van der Waals surface area contributed by atoms with Crippen molar-refractivity contribution in [2.75, 3.05) is 19.8 Å². The lowest BCUT2D eigenvalue weighted by Crippen LogP contribution is -2.65. The number of aliphatic hydroxyl groups is 7. The number of rotatable bonds is 6. The molecule has 7 N–H and O–H groups in total. The van der Waals surface area contributed by atoms with Crippen molar-refractivity contribution >= 4 is 0 Å². The van der Waals surface area contributed by atoms with E-state index in [-0.39, 0.29) is 23.0 Å². The number of ether oxygens (including phenoxy) is 6. The van der Waals surface area contributed by atoms with Crippen molar-refractivity contribution in [3.63, 3.8) is 0 Å². The van der Waals surface area contributed by atoms with Gasteiger partial charge in [0.1, 0.15) is 48.8 Å². The normalized spacial score (nSPS) is 59.0. The van der Waals surface area contributed by atoms with Crippen molar-refractivity contribution in [3.05, 3.63) is 0 Å². The second kappa shape index (κ2) is 14.1. The first kappa shape index (κ1) is 38.4. The molecule has 13 nitrogen and oxygen atoms in total. The molecule has 9 unspecified atom stereocenters. The molecule has 8 fully saturated rings. The lowest BCUT2D eigenvalue weighted by molar-refractivity contribution is -0.373. The average molecular weight is 741 g/mol. The van der Waals surface area contributed by atoms with E-state index >= 15 is 0 Å². The second-order valence-corrected chi connectivity index (χ2v) is 18.7. The van der Waals surface area contributed by atoms with Crippen LogP contribution in [0.5, 0.6) is 0 Å². The maximum absolute atomic E-state index is 11.1. The third-order valence-corrected chi connectivity index (χ3v) is 16.2. The van der Waals surface area contributed by atoms with E-state index in [9.17, 15) is 35.7 Å². The fourth-order valence-corrected chi connectivity index (χ4v) is 13.2. The van der Waals surface area contributed by atoms with Crippen LogP contribution in [0, 0.1) is 52.3 Å². The van der Waals surface area contributed by atoms with E-state index in [0.717, 1.165) is 45.1 Å². The molecule has 0 aromatic rings. The number of hydrogen-bond acceptors (Lipinski definition) is 13. The van der Waals surface area contributed by atoms with Crippen LogP contribution in [0.2, 0.25) is 0 Å². The van der Waals surface area contributed by atoms with Crippen LogP contribution in [0.3, 0.4) is 0 Å². The highest BCUT2D eigenvalue weighted by Crippen LogP contribution is 2.71. The van der Waals surface area contributed by atoms with Crippen molar-refractivity contribution in [2.24, 2.45) is 52.3 Å². The van der Waals surface area contributed by atoms with E-state index in [0.29, 0.717) is 41.4 Å². The van der Waals surface area contributed by atoms with Crippen LogP contribution >= 0.6 is 0 Å². The van der Waals surface area contributed by atoms with Crippen molar-refractivity contribution < 1.29 is 64.2 Å². The molecular weight excluding hydrogens is 676 g/mol. The maximum atomic E-state index is 11.1. The average Bonchev–Trinajstić information content (AvgIpc) is 3.58. The minimum Gasteiger partial charge on any atom is -0.394 e. The molecule has 4 saturated carbocycles. The monoisotopic (exact) mass is 740 g/mol. The number of aliphatic hydroxyl groups excluding tert-OH is 7. The standard InChI is InChI=1S/C39H64O13/c1-18-7-12-39(47-17-18)19(2)28-25(52-39)14-24-22-6-5-20-13-21(8-10-37(20,3)23(22)9-11-38(24,28)4)48-36-34(32(45)30(43)27(16-41)50-36)51-35-33(46)31(44)29(42)26(15-40)49-35/h18-36,40-46H,5-17H2,1-4H3/t18?,19?,20-,21?,22?,23?,24+,25?,26+,27+,28?,29+,30-,31-,32-,33+,34?,35-,36+,37-,38-,39?/m0/s1. The van der Waals surface area contributed by atoms with E-state index in [1.807, 2.05) is 0 Å². The Balaban J connectivity index is 0.942. The molecule has 52 heavy (non-hydrogen) atoms. The Morgan fingerprint density at radius 3 is 2.06 bits per heavy atom. The van der Waals surface area contributed by atoms with Crippen molar-refractivity contribution in [1.29, 1.82) is 0 Å². The topological polar surface area (TPSA) is 197 Å². The Morgan fingerprint density at radius 1 is 0.673 bits per heavy atom. The van der Waals surface area contributed by atoms with Crippen LogP contribution in [-0.4, -0.2) is 135 Å². The van der Waals surface area contributed by atoms with Gasteiger partial charge in [-0.3, -0.25) is 0 Å². The summed E-state index contributed by atoms with van der Waals surface area (Å²) in [6.45, 7) is 9.33. The van der Waals surface area contributed by atoms with Crippen molar-refractivity contribution in [1.82, 2.24) is 0 Å². The lowest BCUT2D eigenvalue weighted by Gasteiger charge is -2.61. The predicted molar refractivity (Wildman–Crippen MR) is 183 cm³/mol. The summed E-state index contributed by atoms with van der Waals surface area (Å²) in [5.74, 6) is 3.51. The molecule has 0 aromatic carbocycles. The minimum atomic E-state index is -1.71. The molecular formula is C39H64O13. The van der Waals surface area contributed by atoms with Gasteiger partial charge in [0.15, 0.2) is 18.4 Å². The lowest BCUT2D eigenvalue weighted by atomic mass is 9.44. The SMILES string of the molecule is CC1CCC2(OC1)OC1C[C@@H]3C4CC[C@H]5CC(O[C@@H]6O[C@H](CO)[C@H](O)[C@H](O)C6O[C@@H]6O[C@H](CO)[C@@H](O)[C@H](O)[C@H]6O)CC[C@]5(C)C4CC[C@]3(C)C1C2C. The van der Waals surface area contributed by atoms with Crippen LogP contribution < -0.4 is 0 Å². The van der Waals surface area contributed by atoms with Crippen molar-refractivity contribution in [2.45, 2.75) is 171 Å². The molecule has 298 valence electrons. The number of hydrogen-bond donors (Lipinski definition) is 7. The zero-order valence-corrected chi connectivity index (χ0v) is 31.2. The summed E-state index contributed by atoms with van der Waals surface area (Å²) in [6, 6.07) is 0. The summed E-state index contributed by atoms with van der Waals surface area (Å²) in [6.07, 6.45) is -3.88. The third-order valence-electron chi connectivity index (χ3n) is 16.2. The minimum absolute atomic E-state index is 0.168. The van der Waals surface area contributed by atoms with E-state index in [4.69, 9.17) is 28.4 Å². The van der Waals surface area contributed by atoms with Crippen LogP contribution in [0.25, 0.3) is 0 Å². The molecule has 0 bridgehead atoms. The highest BCUT2D eigenvalue weighted by molar-refractivity contribution is 5.15. The van der Waals surface area contributed by atoms with Gasteiger partial charge < -0.3 is 64.2 Å². The second-order valence-electron chi connectivity index (χ2n) is 18.7. The molecule has 22 atom stereocenters. The first-order valence-electron chi connectivity index (χ1n) is 20.3. The molecule has 4 aliphatic carbocycles. The summed E-state index contributed by atoms with van der Waals surface area (Å²) >= 11 is 0. The highest BCUT2D eigenvalue weighted by atomic mass is 16.8. The summed E-state index contributed by atoms with van der Waals surface area (Å²) < 4.78 is 37.5. The Kier molecular flexibility index (Phi) is 10.4. The van der Waals surface area contributed by atoms with Crippen LogP contribution in [-0.2, 0) is 28.4 Å². The van der Waals surface area contributed by atoms with Gasteiger partial charge in [0.05, 0.1) is 32.0 Å². The third kappa shape index (κ3) is 5.98. The Morgan fingerprint density at radius 2 is 1.37 bits per heavy atom. The highest BCUT2D eigenvalue weighted by Gasteiger charge is 2.69. The van der Waals surface area contributed by atoms with Gasteiger partial charge in [-0.1, -0.05) is 27.7 Å². The quantitative estimate of drug-likeness (QED) is 0.194. The predicted octanol–water partition coefficient (Wildman–Crippen LogP) is 1.44. The van der Waals surface area contributed by atoms with Crippen LogP contribution in [0.15, 0.2) is 0 Å². The first-order valence-corrected chi connectivity index (χ1v) is 20.3. The summed E-state index contributed by atoms with van der Waals surface area (Å²) in [5.41, 5.74) is 0.425. The summed E-state index contributed by atoms with van der Waals surface area (Å²) in [5, 5.41) is 72.7. The van der Waals surface area contributed by atoms with Gasteiger partial charge in [0.2, 0.25) is 0 Å². The molecule has 13 heteroatoms.